The fourth-order valence-electron chi connectivity index (χ4n) is 3.33. The number of anilines is 1. The molecular weight excluding hydrogens is 340 g/mol. The average Bonchev–Trinajstić information content (AvgIpc) is 2.83. The number of nitrogens with zero attached hydrogens (tertiary/aromatic N) is 2. The average molecular weight is 360 g/mol. The number of hydrogen-bond acceptors (Lipinski definition) is 5. The number of hydrazine groups is 1. The van der Waals surface area contributed by atoms with Crippen LogP contribution in [-0.2, 0) is 14.4 Å². The zero-order valence-corrected chi connectivity index (χ0v) is 15.4. The third-order valence-corrected chi connectivity index (χ3v) is 4.72. The highest BCUT2D eigenvalue weighted by Crippen LogP contribution is 2.33. The summed E-state index contributed by atoms with van der Waals surface area (Å²) in [5.41, 5.74) is 1.64. The lowest BCUT2D eigenvalue weighted by molar-refractivity contribution is -0.154. The Bertz CT molecular complexity index is 785. The molecule has 25 heavy (non-hydrogen) atoms. The van der Waals surface area contributed by atoms with E-state index in [2.05, 4.69) is 10.6 Å². The largest absolute Gasteiger partial charge is 0.325 e. The van der Waals surface area contributed by atoms with Crippen LogP contribution in [0.5, 0.6) is 0 Å². The summed E-state index contributed by atoms with van der Waals surface area (Å²) in [6.45, 7) is 7.21. The topological polar surface area (TPSA) is 81.8 Å². The predicted molar refractivity (Wildman–Crippen MR) is 96.5 cm³/mol. The van der Waals surface area contributed by atoms with Crippen LogP contribution in [0.4, 0.5) is 5.69 Å². The van der Waals surface area contributed by atoms with Gasteiger partial charge in [-0.2, -0.15) is 5.01 Å². The summed E-state index contributed by atoms with van der Waals surface area (Å²) in [6.07, 6.45) is -0.0326. The molecule has 1 atom stereocenters. The summed E-state index contributed by atoms with van der Waals surface area (Å²) < 4.78 is 0. The molecule has 0 unspecified atom stereocenters. The van der Waals surface area contributed by atoms with Crippen LogP contribution in [0.2, 0.25) is 0 Å². The molecule has 0 aliphatic carbocycles. The number of hydrogen-bond donors (Lipinski definition) is 2. The lowest BCUT2D eigenvalue weighted by atomic mass is 10.00. The van der Waals surface area contributed by atoms with Gasteiger partial charge in [0.05, 0.1) is 6.42 Å². The van der Waals surface area contributed by atoms with E-state index < -0.39 is 11.6 Å². The number of aryl methyl sites for hydroxylation is 2. The van der Waals surface area contributed by atoms with Gasteiger partial charge >= 0.3 is 0 Å². The van der Waals surface area contributed by atoms with E-state index >= 15 is 0 Å². The minimum Gasteiger partial charge on any atom is -0.325 e. The van der Waals surface area contributed by atoms with Crippen molar-refractivity contribution in [2.45, 2.75) is 45.7 Å². The molecule has 2 N–H and O–H groups in total. The Morgan fingerprint density at radius 1 is 1.24 bits per heavy atom. The molecule has 3 rings (SSSR count). The van der Waals surface area contributed by atoms with Gasteiger partial charge in [-0.05, 0) is 63.2 Å². The number of carbonyl (C=O) groups excluding carboxylic acids is 3. The molecule has 2 aliphatic rings. The molecular formula is C17H20N4O3S. The molecule has 132 valence electrons. The Labute approximate surface area is 151 Å². The summed E-state index contributed by atoms with van der Waals surface area (Å²) >= 11 is 5.10. The van der Waals surface area contributed by atoms with Crippen LogP contribution >= 0.6 is 12.2 Å². The number of thiocarbonyl (C=S) groups is 1. The van der Waals surface area contributed by atoms with E-state index in [1.165, 1.54) is 10.0 Å². The Balaban J connectivity index is 1.91. The van der Waals surface area contributed by atoms with Crippen molar-refractivity contribution in [3.8, 4) is 0 Å². The van der Waals surface area contributed by atoms with Crippen LogP contribution in [0.15, 0.2) is 18.2 Å². The van der Waals surface area contributed by atoms with Crippen molar-refractivity contribution in [3.63, 3.8) is 0 Å². The van der Waals surface area contributed by atoms with E-state index in [0.29, 0.717) is 5.69 Å². The summed E-state index contributed by atoms with van der Waals surface area (Å²) in [5, 5.41) is 8.09. The number of carbonyl (C=O) groups is 3. The van der Waals surface area contributed by atoms with Crippen LogP contribution in [0.3, 0.4) is 0 Å². The fraction of sp³-hybridized carbons (Fsp3) is 0.412. The predicted octanol–water partition coefficient (Wildman–Crippen LogP) is 1.25. The normalized spacial score (nSPS) is 22.6. The maximum absolute atomic E-state index is 12.8. The number of nitrogens with one attached hydrogen (secondary N) is 2. The molecule has 8 heteroatoms. The standard InChI is InChI=1S/C17H20N4O3S/c1-9-5-10(2)7-11(6-9)18-14(23)12-8-13(22)20-16(25)19-15(24)17(3,4)21(12)20/h5-7,12H,8H2,1-4H3,(H,18,23)(H,19,24,25)/t12-/m0/s1. The van der Waals surface area contributed by atoms with Gasteiger partial charge in [0.25, 0.3) is 0 Å². The Morgan fingerprint density at radius 3 is 2.44 bits per heavy atom. The lowest BCUT2D eigenvalue weighted by Crippen LogP contribution is -2.71. The molecule has 2 saturated heterocycles. The fourth-order valence-corrected chi connectivity index (χ4v) is 3.61. The molecule has 0 bridgehead atoms. The van der Waals surface area contributed by atoms with E-state index in [4.69, 9.17) is 12.2 Å². The third-order valence-electron chi connectivity index (χ3n) is 4.45. The Hall–Kier alpha value is -2.32. The second kappa shape index (κ2) is 5.89. The van der Waals surface area contributed by atoms with Crippen molar-refractivity contribution in [3.05, 3.63) is 29.3 Å². The van der Waals surface area contributed by atoms with Crippen molar-refractivity contribution < 1.29 is 14.4 Å². The summed E-state index contributed by atoms with van der Waals surface area (Å²) in [4.78, 5) is 37.5. The third kappa shape index (κ3) is 2.91. The molecule has 1 aromatic rings. The molecule has 0 saturated carbocycles. The van der Waals surface area contributed by atoms with Crippen LogP contribution in [0.1, 0.15) is 31.4 Å². The molecule has 2 heterocycles. The first-order chi connectivity index (χ1) is 11.6. The van der Waals surface area contributed by atoms with E-state index in [1.54, 1.807) is 13.8 Å². The van der Waals surface area contributed by atoms with Gasteiger partial charge in [0.15, 0.2) is 5.11 Å². The highest BCUT2D eigenvalue weighted by atomic mass is 32.1. The molecule has 3 amide bonds. The number of amides is 3. The number of benzene rings is 1. The molecule has 2 fully saturated rings. The van der Waals surface area contributed by atoms with Gasteiger partial charge in [-0.15, -0.1) is 0 Å². The van der Waals surface area contributed by atoms with E-state index in [-0.39, 0.29) is 29.3 Å². The van der Waals surface area contributed by atoms with Gasteiger partial charge in [-0.25, -0.2) is 5.01 Å². The second-order valence-corrected chi connectivity index (χ2v) is 7.34. The van der Waals surface area contributed by atoms with Crippen molar-refractivity contribution >= 4 is 40.7 Å². The maximum atomic E-state index is 12.8. The van der Waals surface area contributed by atoms with E-state index in [1.807, 2.05) is 32.0 Å². The van der Waals surface area contributed by atoms with Gasteiger partial charge in [-0.1, -0.05) is 6.07 Å². The zero-order valence-electron chi connectivity index (χ0n) is 14.5. The van der Waals surface area contributed by atoms with Crippen molar-refractivity contribution in [1.29, 1.82) is 0 Å². The Morgan fingerprint density at radius 2 is 1.84 bits per heavy atom. The monoisotopic (exact) mass is 360 g/mol. The summed E-state index contributed by atoms with van der Waals surface area (Å²) in [7, 11) is 0. The first-order valence-corrected chi connectivity index (χ1v) is 8.39. The first kappa shape index (κ1) is 17.5. The van der Waals surface area contributed by atoms with E-state index in [0.717, 1.165) is 11.1 Å². The summed E-state index contributed by atoms with van der Waals surface area (Å²) in [6, 6.07) is 4.93. The van der Waals surface area contributed by atoms with Gasteiger partial charge in [-0.3, -0.25) is 19.7 Å². The lowest BCUT2D eigenvalue weighted by Gasteiger charge is -2.45. The number of fused-ring (bicyclic) bond motifs is 1. The molecule has 0 aromatic heterocycles. The zero-order chi connectivity index (χ0) is 18.5. The molecule has 1 aromatic carbocycles. The minimum atomic E-state index is -1.07. The number of rotatable bonds is 2. The van der Waals surface area contributed by atoms with Crippen LogP contribution < -0.4 is 10.6 Å². The first-order valence-electron chi connectivity index (χ1n) is 7.98. The highest BCUT2D eigenvalue weighted by Gasteiger charge is 2.56. The summed E-state index contributed by atoms with van der Waals surface area (Å²) in [5.74, 6) is -0.988. The Kier molecular flexibility index (Phi) is 4.12. The van der Waals surface area contributed by atoms with Crippen LogP contribution in [-0.4, -0.2) is 44.4 Å². The van der Waals surface area contributed by atoms with Gasteiger partial charge < -0.3 is 5.32 Å². The second-order valence-electron chi connectivity index (χ2n) is 6.95. The maximum Gasteiger partial charge on any atom is 0.248 e. The van der Waals surface area contributed by atoms with Crippen molar-refractivity contribution in [2.75, 3.05) is 5.32 Å². The van der Waals surface area contributed by atoms with Crippen molar-refractivity contribution in [1.82, 2.24) is 15.3 Å². The van der Waals surface area contributed by atoms with Gasteiger partial charge in [0.1, 0.15) is 11.6 Å². The van der Waals surface area contributed by atoms with E-state index in [9.17, 15) is 14.4 Å². The smallest absolute Gasteiger partial charge is 0.248 e. The van der Waals surface area contributed by atoms with Crippen molar-refractivity contribution in [2.24, 2.45) is 0 Å². The molecule has 2 aliphatic heterocycles. The molecule has 0 spiro atoms. The minimum absolute atomic E-state index is 0.0102. The highest BCUT2D eigenvalue weighted by molar-refractivity contribution is 7.80. The molecule has 0 radical (unpaired) electrons. The van der Waals surface area contributed by atoms with Gasteiger partial charge in [0.2, 0.25) is 17.7 Å². The van der Waals surface area contributed by atoms with Crippen LogP contribution in [0.25, 0.3) is 0 Å². The molecule has 7 nitrogen and oxygen atoms in total. The van der Waals surface area contributed by atoms with Crippen LogP contribution in [0, 0.1) is 13.8 Å². The SMILES string of the molecule is Cc1cc(C)cc(NC(=O)[C@@H]2CC(=O)N3C(=S)NC(=O)C(C)(C)N23)c1. The van der Waals surface area contributed by atoms with Gasteiger partial charge in [0, 0.05) is 5.69 Å². The quantitative estimate of drug-likeness (QED) is 0.776.